The van der Waals surface area contributed by atoms with E-state index >= 15 is 0 Å². The highest BCUT2D eigenvalue weighted by molar-refractivity contribution is 5.73. The lowest BCUT2D eigenvalue weighted by molar-refractivity contribution is -0.151. The van der Waals surface area contributed by atoms with E-state index in [-0.39, 0.29) is 18.0 Å². The fourth-order valence-electron chi connectivity index (χ4n) is 3.58. The van der Waals surface area contributed by atoms with Crippen molar-refractivity contribution in [1.29, 1.82) is 0 Å². The SMILES string of the molecule is CC1C2CC3CC1CC(C2)C(=O)O3. The van der Waals surface area contributed by atoms with E-state index in [9.17, 15) is 4.79 Å². The fourth-order valence-corrected chi connectivity index (χ4v) is 3.58. The number of carbonyl (C=O) groups is 1. The van der Waals surface area contributed by atoms with Gasteiger partial charge in [0.15, 0.2) is 0 Å². The van der Waals surface area contributed by atoms with Crippen LogP contribution in [0.2, 0.25) is 0 Å². The molecule has 0 aromatic carbocycles. The minimum absolute atomic E-state index is 0.0990. The monoisotopic (exact) mass is 180 g/mol. The van der Waals surface area contributed by atoms with Crippen LogP contribution in [0, 0.1) is 23.7 Å². The standard InChI is InChI=1S/C11H16O2/c1-6-7-2-9-3-8(6)5-10(4-7)13-11(9)12/h6-10H,2-5H2,1H3. The molecule has 2 aliphatic heterocycles. The highest BCUT2D eigenvalue weighted by Gasteiger charge is 2.48. The third-order valence-electron chi connectivity index (χ3n) is 4.41. The number of carbonyl (C=O) groups excluding carboxylic acids is 1. The quantitative estimate of drug-likeness (QED) is 0.533. The van der Waals surface area contributed by atoms with Crippen LogP contribution < -0.4 is 0 Å². The summed E-state index contributed by atoms with van der Waals surface area (Å²) in [7, 11) is 0. The maximum Gasteiger partial charge on any atom is 0.309 e. The van der Waals surface area contributed by atoms with Crippen molar-refractivity contribution in [2.75, 3.05) is 0 Å². The number of rotatable bonds is 0. The number of hydrogen-bond acceptors (Lipinski definition) is 2. The number of esters is 1. The zero-order chi connectivity index (χ0) is 9.00. The molecule has 4 rings (SSSR count). The first-order chi connectivity index (χ1) is 6.24. The molecule has 0 aromatic rings. The van der Waals surface area contributed by atoms with Crippen molar-refractivity contribution in [1.82, 2.24) is 0 Å². The van der Waals surface area contributed by atoms with Gasteiger partial charge in [0, 0.05) is 0 Å². The molecule has 0 spiro atoms. The molecule has 2 saturated carbocycles. The summed E-state index contributed by atoms with van der Waals surface area (Å²) in [6, 6.07) is 0. The normalized spacial score (nSPS) is 53.3. The second kappa shape index (κ2) is 2.49. The van der Waals surface area contributed by atoms with Crippen LogP contribution in [0.3, 0.4) is 0 Å². The van der Waals surface area contributed by atoms with Crippen LogP contribution in [0.1, 0.15) is 32.6 Å². The third-order valence-corrected chi connectivity index (χ3v) is 4.41. The summed E-state index contributed by atoms with van der Waals surface area (Å²) in [5.74, 6) is 2.73. The minimum atomic E-state index is 0.0990. The molecular weight excluding hydrogens is 164 g/mol. The van der Waals surface area contributed by atoms with Gasteiger partial charge in [-0.1, -0.05) is 6.92 Å². The largest absolute Gasteiger partial charge is 0.462 e. The van der Waals surface area contributed by atoms with Crippen molar-refractivity contribution in [3.8, 4) is 0 Å². The number of ether oxygens (including phenoxy) is 1. The molecule has 2 saturated heterocycles. The lowest BCUT2D eigenvalue weighted by Gasteiger charge is -2.41. The Morgan fingerprint density at radius 1 is 1.15 bits per heavy atom. The summed E-state index contributed by atoms with van der Waals surface area (Å²) in [5, 5.41) is 0. The topological polar surface area (TPSA) is 26.3 Å². The van der Waals surface area contributed by atoms with Crippen LogP contribution in [0.5, 0.6) is 0 Å². The van der Waals surface area contributed by atoms with Gasteiger partial charge in [0.25, 0.3) is 0 Å². The average molecular weight is 180 g/mol. The molecule has 4 fully saturated rings. The molecule has 4 bridgehead atoms. The van der Waals surface area contributed by atoms with Gasteiger partial charge in [-0.25, -0.2) is 0 Å². The van der Waals surface area contributed by atoms with Crippen molar-refractivity contribution in [3.63, 3.8) is 0 Å². The molecule has 2 heterocycles. The summed E-state index contributed by atoms with van der Waals surface area (Å²) in [6.45, 7) is 2.36. The number of hydrogen-bond donors (Lipinski definition) is 0. The zero-order valence-electron chi connectivity index (χ0n) is 8.03. The van der Waals surface area contributed by atoms with Gasteiger partial charge < -0.3 is 4.74 Å². The highest BCUT2D eigenvalue weighted by atomic mass is 16.5. The maximum absolute atomic E-state index is 11.5. The van der Waals surface area contributed by atoms with Crippen LogP contribution in [0.15, 0.2) is 0 Å². The molecule has 4 aliphatic rings. The first-order valence-corrected chi connectivity index (χ1v) is 5.44. The molecule has 13 heavy (non-hydrogen) atoms. The van der Waals surface area contributed by atoms with Crippen molar-refractivity contribution in [2.45, 2.75) is 38.7 Å². The van der Waals surface area contributed by atoms with E-state index < -0.39 is 0 Å². The summed E-state index contributed by atoms with van der Waals surface area (Å²) in [6.07, 6.45) is 4.76. The maximum atomic E-state index is 11.5. The van der Waals surface area contributed by atoms with Crippen LogP contribution in [0.4, 0.5) is 0 Å². The Bertz CT molecular complexity index is 232. The molecule has 2 aliphatic carbocycles. The molecule has 0 aromatic heterocycles. The fraction of sp³-hybridized carbons (Fsp3) is 0.909. The highest BCUT2D eigenvalue weighted by Crippen LogP contribution is 2.50. The van der Waals surface area contributed by atoms with Gasteiger partial charge in [0.05, 0.1) is 5.92 Å². The first kappa shape index (κ1) is 7.84. The number of fused-ring (bicyclic) bond motifs is 1. The molecule has 2 nitrogen and oxygen atoms in total. The lowest BCUT2D eigenvalue weighted by atomic mass is 9.62. The van der Waals surface area contributed by atoms with E-state index in [1.54, 1.807) is 0 Å². The van der Waals surface area contributed by atoms with Gasteiger partial charge in [-0.3, -0.25) is 4.79 Å². The first-order valence-electron chi connectivity index (χ1n) is 5.44. The van der Waals surface area contributed by atoms with E-state index in [0.717, 1.165) is 43.4 Å². The summed E-state index contributed by atoms with van der Waals surface area (Å²) in [5.41, 5.74) is 0. The van der Waals surface area contributed by atoms with Gasteiger partial charge in [0.2, 0.25) is 0 Å². The third kappa shape index (κ3) is 1.04. The average Bonchev–Trinajstić information content (AvgIpc) is 2.25. The van der Waals surface area contributed by atoms with Gasteiger partial charge in [-0.05, 0) is 43.4 Å². The molecule has 0 radical (unpaired) electrons. The summed E-state index contributed by atoms with van der Waals surface area (Å²) >= 11 is 0. The van der Waals surface area contributed by atoms with Crippen molar-refractivity contribution in [3.05, 3.63) is 0 Å². The molecular formula is C11H16O2. The second-order valence-corrected chi connectivity index (χ2v) is 5.08. The van der Waals surface area contributed by atoms with Crippen molar-refractivity contribution < 1.29 is 9.53 Å². The summed E-state index contributed by atoms with van der Waals surface area (Å²) < 4.78 is 5.45. The van der Waals surface area contributed by atoms with Crippen LogP contribution in [0.25, 0.3) is 0 Å². The molecule has 2 atom stereocenters. The van der Waals surface area contributed by atoms with E-state index in [2.05, 4.69) is 6.92 Å². The predicted molar refractivity (Wildman–Crippen MR) is 48.0 cm³/mol. The van der Waals surface area contributed by atoms with E-state index in [0.29, 0.717) is 0 Å². The Hall–Kier alpha value is -0.530. The molecule has 72 valence electrons. The van der Waals surface area contributed by atoms with E-state index in [1.165, 1.54) is 0 Å². The second-order valence-electron chi connectivity index (χ2n) is 5.08. The Labute approximate surface area is 78.6 Å². The van der Waals surface area contributed by atoms with Crippen LogP contribution >= 0.6 is 0 Å². The molecule has 2 heteroatoms. The molecule has 0 N–H and O–H groups in total. The summed E-state index contributed by atoms with van der Waals surface area (Å²) in [4.78, 5) is 11.5. The van der Waals surface area contributed by atoms with Gasteiger partial charge in [-0.2, -0.15) is 0 Å². The van der Waals surface area contributed by atoms with Crippen molar-refractivity contribution in [2.24, 2.45) is 23.7 Å². The van der Waals surface area contributed by atoms with Crippen molar-refractivity contribution >= 4 is 5.97 Å². The Balaban J connectivity index is 1.96. The lowest BCUT2D eigenvalue weighted by Crippen LogP contribution is -2.37. The van der Waals surface area contributed by atoms with Gasteiger partial charge in [0.1, 0.15) is 6.10 Å². The van der Waals surface area contributed by atoms with E-state index in [4.69, 9.17) is 4.74 Å². The minimum Gasteiger partial charge on any atom is -0.462 e. The van der Waals surface area contributed by atoms with Gasteiger partial charge >= 0.3 is 5.97 Å². The van der Waals surface area contributed by atoms with Crippen LogP contribution in [-0.2, 0) is 9.53 Å². The van der Waals surface area contributed by atoms with E-state index in [1.807, 2.05) is 0 Å². The Morgan fingerprint density at radius 3 is 2.38 bits per heavy atom. The smallest absolute Gasteiger partial charge is 0.309 e. The predicted octanol–water partition coefficient (Wildman–Crippen LogP) is 1.98. The van der Waals surface area contributed by atoms with Gasteiger partial charge in [-0.15, -0.1) is 0 Å². The zero-order valence-corrected chi connectivity index (χ0v) is 8.03. The molecule has 2 unspecified atom stereocenters. The Morgan fingerprint density at radius 2 is 1.77 bits per heavy atom. The molecule has 0 amide bonds. The Kier molecular flexibility index (Phi) is 1.50. The van der Waals surface area contributed by atoms with Crippen LogP contribution in [-0.4, -0.2) is 12.1 Å².